The first kappa shape index (κ1) is 13.8. The molecule has 0 saturated carbocycles. The van der Waals surface area contributed by atoms with Gasteiger partial charge >= 0.3 is 0 Å². The Morgan fingerprint density at radius 3 is 2.95 bits per heavy atom. The first-order valence-corrected chi connectivity index (χ1v) is 6.45. The van der Waals surface area contributed by atoms with Crippen LogP contribution in [0.25, 0.3) is 0 Å². The van der Waals surface area contributed by atoms with Crippen molar-refractivity contribution in [2.24, 2.45) is 0 Å². The van der Waals surface area contributed by atoms with Crippen LogP contribution in [0, 0.1) is 0 Å². The highest BCUT2D eigenvalue weighted by Gasteiger charge is 2.21. The zero-order chi connectivity index (χ0) is 13.8. The van der Waals surface area contributed by atoms with E-state index >= 15 is 0 Å². The molecule has 1 unspecified atom stereocenters. The molecular weight excluding hydrogens is 266 g/mol. The number of methoxy groups -OCH3 is 1. The van der Waals surface area contributed by atoms with Crippen LogP contribution in [-0.2, 0) is 6.54 Å². The van der Waals surface area contributed by atoms with Gasteiger partial charge in [-0.15, -0.1) is 0 Å². The normalized spacial score (nSPS) is 12.4. The van der Waals surface area contributed by atoms with Crippen LogP contribution in [-0.4, -0.2) is 27.0 Å². The van der Waals surface area contributed by atoms with Gasteiger partial charge in [-0.25, -0.2) is 4.98 Å². The van der Waals surface area contributed by atoms with Crippen LogP contribution in [0.5, 0.6) is 5.88 Å². The molecule has 0 aliphatic rings. The Balaban J connectivity index is 2.37. The number of aliphatic hydroxyl groups is 1. The van der Waals surface area contributed by atoms with E-state index in [4.69, 9.17) is 16.3 Å². The van der Waals surface area contributed by atoms with Crippen LogP contribution < -0.4 is 4.74 Å². The van der Waals surface area contributed by atoms with Gasteiger partial charge in [0.15, 0.2) is 0 Å². The Bertz CT molecular complexity index is 557. The summed E-state index contributed by atoms with van der Waals surface area (Å²) in [6, 6.07) is 5.23. The maximum absolute atomic E-state index is 10.4. The van der Waals surface area contributed by atoms with Crippen LogP contribution in [0.2, 0.25) is 5.02 Å². The Labute approximate surface area is 116 Å². The molecule has 0 saturated heterocycles. The number of aliphatic hydroxyl groups excluding tert-OH is 1. The SMILES string of the molecule is CCCn1ncc(Cl)c1C(O)c1cccc(OC)n1. The summed E-state index contributed by atoms with van der Waals surface area (Å²) in [7, 11) is 1.53. The topological polar surface area (TPSA) is 60.2 Å². The van der Waals surface area contributed by atoms with E-state index in [2.05, 4.69) is 10.1 Å². The van der Waals surface area contributed by atoms with Gasteiger partial charge in [-0.3, -0.25) is 4.68 Å². The van der Waals surface area contributed by atoms with Gasteiger partial charge in [0, 0.05) is 12.6 Å². The Morgan fingerprint density at radius 2 is 2.26 bits per heavy atom. The van der Waals surface area contributed by atoms with Crippen molar-refractivity contribution >= 4 is 11.6 Å². The lowest BCUT2D eigenvalue weighted by atomic mass is 10.1. The van der Waals surface area contributed by atoms with Gasteiger partial charge in [0.2, 0.25) is 5.88 Å². The summed E-state index contributed by atoms with van der Waals surface area (Å²) in [5, 5.41) is 15.0. The number of rotatable bonds is 5. The number of pyridine rings is 1. The number of aromatic nitrogens is 3. The van der Waals surface area contributed by atoms with Crippen molar-refractivity contribution in [3.8, 4) is 5.88 Å². The third-order valence-corrected chi connectivity index (χ3v) is 3.05. The van der Waals surface area contributed by atoms with E-state index in [1.54, 1.807) is 22.9 Å². The van der Waals surface area contributed by atoms with Crippen molar-refractivity contribution in [2.75, 3.05) is 7.11 Å². The quantitative estimate of drug-likeness (QED) is 0.914. The molecule has 19 heavy (non-hydrogen) atoms. The molecule has 2 rings (SSSR count). The van der Waals surface area contributed by atoms with Crippen molar-refractivity contribution < 1.29 is 9.84 Å². The van der Waals surface area contributed by atoms with Crippen molar-refractivity contribution in [2.45, 2.75) is 26.0 Å². The highest BCUT2D eigenvalue weighted by Crippen LogP contribution is 2.28. The number of hydrogen-bond acceptors (Lipinski definition) is 4. The van der Waals surface area contributed by atoms with E-state index in [0.717, 1.165) is 6.42 Å². The minimum Gasteiger partial charge on any atom is -0.481 e. The van der Waals surface area contributed by atoms with E-state index in [-0.39, 0.29) is 0 Å². The lowest BCUT2D eigenvalue weighted by Gasteiger charge is -2.14. The van der Waals surface area contributed by atoms with Gasteiger partial charge < -0.3 is 9.84 Å². The van der Waals surface area contributed by atoms with Crippen LogP contribution in [0.15, 0.2) is 24.4 Å². The minimum atomic E-state index is -0.920. The molecular formula is C13H16ClN3O2. The molecule has 1 N–H and O–H groups in total. The van der Waals surface area contributed by atoms with Gasteiger partial charge in [0.25, 0.3) is 0 Å². The summed E-state index contributed by atoms with van der Waals surface area (Å²) in [6.07, 6.45) is 1.52. The van der Waals surface area contributed by atoms with E-state index in [1.165, 1.54) is 13.3 Å². The first-order chi connectivity index (χ1) is 9.17. The summed E-state index contributed by atoms with van der Waals surface area (Å²) in [4.78, 5) is 4.22. The molecule has 0 aromatic carbocycles. The highest BCUT2D eigenvalue weighted by atomic mass is 35.5. The fourth-order valence-corrected chi connectivity index (χ4v) is 2.12. The molecule has 2 aromatic heterocycles. The Kier molecular flexibility index (Phi) is 4.39. The molecule has 6 heteroatoms. The highest BCUT2D eigenvalue weighted by molar-refractivity contribution is 6.31. The van der Waals surface area contributed by atoms with E-state index in [1.807, 2.05) is 6.92 Å². The molecule has 2 heterocycles. The smallest absolute Gasteiger partial charge is 0.213 e. The van der Waals surface area contributed by atoms with Gasteiger partial charge in [-0.05, 0) is 12.5 Å². The summed E-state index contributed by atoms with van der Waals surface area (Å²) in [5.74, 6) is 0.453. The second-order valence-electron chi connectivity index (χ2n) is 4.11. The van der Waals surface area contributed by atoms with Gasteiger partial charge in [0.1, 0.15) is 6.10 Å². The van der Waals surface area contributed by atoms with Gasteiger partial charge in [-0.2, -0.15) is 5.10 Å². The molecule has 0 fully saturated rings. The average Bonchev–Trinajstić information content (AvgIpc) is 2.79. The number of halogens is 1. The molecule has 5 nitrogen and oxygen atoms in total. The molecule has 0 aliphatic carbocycles. The molecule has 0 amide bonds. The van der Waals surface area contributed by atoms with Gasteiger partial charge in [0.05, 0.1) is 29.7 Å². The molecule has 1 atom stereocenters. The summed E-state index contributed by atoms with van der Waals surface area (Å²) < 4.78 is 6.76. The molecule has 2 aromatic rings. The molecule has 0 bridgehead atoms. The molecule has 0 aliphatic heterocycles. The molecule has 0 radical (unpaired) electrons. The van der Waals surface area contributed by atoms with Crippen LogP contribution in [0.1, 0.15) is 30.8 Å². The first-order valence-electron chi connectivity index (χ1n) is 6.07. The zero-order valence-electron chi connectivity index (χ0n) is 10.9. The maximum Gasteiger partial charge on any atom is 0.213 e. The van der Waals surface area contributed by atoms with Crippen LogP contribution in [0.3, 0.4) is 0 Å². The van der Waals surface area contributed by atoms with Crippen LogP contribution in [0.4, 0.5) is 0 Å². The van der Waals surface area contributed by atoms with Crippen LogP contribution >= 0.6 is 11.6 Å². The van der Waals surface area contributed by atoms with Gasteiger partial charge in [-0.1, -0.05) is 24.6 Å². The standard InChI is InChI=1S/C13H16ClN3O2/c1-3-7-17-12(9(14)8-15-17)13(18)10-5-4-6-11(16-10)19-2/h4-6,8,13,18H,3,7H2,1-2H3. The summed E-state index contributed by atoms with van der Waals surface area (Å²) in [6.45, 7) is 2.73. The minimum absolute atomic E-state index is 0.436. The van der Waals surface area contributed by atoms with E-state index in [9.17, 15) is 5.11 Å². The Morgan fingerprint density at radius 1 is 1.47 bits per heavy atom. The fourth-order valence-electron chi connectivity index (χ4n) is 1.87. The Hall–Kier alpha value is -1.59. The number of aryl methyl sites for hydroxylation is 1. The van der Waals surface area contributed by atoms with Crippen molar-refractivity contribution in [3.63, 3.8) is 0 Å². The third-order valence-electron chi connectivity index (χ3n) is 2.76. The number of ether oxygens (including phenoxy) is 1. The molecule has 102 valence electrons. The lowest BCUT2D eigenvalue weighted by molar-refractivity contribution is 0.201. The largest absolute Gasteiger partial charge is 0.481 e. The van der Waals surface area contributed by atoms with E-state index < -0.39 is 6.10 Å². The molecule has 0 spiro atoms. The maximum atomic E-state index is 10.4. The lowest BCUT2D eigenvalue weighted by Crippen LogP contribution is -2.12. The van der Waals surface area contributed by atoms with Crippen molar-refractivity contribution in [3.05, 3.63) is 40.8 Å². The number of hydrogen-bond donors (Lipinski definition) is 1. The zero-order valence-corrected chi connectivity index (χ0v) is 11.6. The fraction of sp³-hybridized carbons (Fsp3) is 0.385. The second-order valence-corrected chi connectivity index (χ2v) is 4.52. The predicted octanol–water partition coefficient (Wildman–Crippen LogP) is 2.43. The second kappa shape index (κ2) is 6.04. The van der Waals surface area contributed by atoms with Crippen molar-refractivity contribution in [1.29, 1.82) is 0 Å². The van der Waals surface area contributed by atoms with Crippen molar-refractivity contribution in [1.82, 2.24) is 14.8 Å². The van der Waals surface area contributed by atoms with E-state index in [0.29, 0.717) is 28.8 Å². The number of nitrogens with zero attached hydrogens (tertiary/aromatic N) is 3. The summed E-state index contributed by atoms with van der Waals surface area (Å²) in [5.41, 5.74) is 1.04. The predicted molar refractivity (Wildman–Crippen MR) is 72.4 cm³/mol. The summed E-state index contributed by atoms with van der Waals surface area (Å²) >= 11 is 6.10. The monoisotopic (exact) mass is 281 g/mol. The third kappa shape index (κ3) is 2.88. The average molecular weight is 282 g/mol.